The Labute approximate surface area is 113 Å². The first-order valence-electron chi connectivity index (χ1n) is 5.69. The number of carbonyl (C=O) groups is 1. The number of aromatic nitrogens is 5. The first-order valence-corrected chi connectivity index (χ1v) is 6.68. The zero-order valence-electron chi connectivity index (χ0n) is 10.7. The first kappa shape index (κ1) is 13.5. The molecular weight excluding hydrogens is 268 g/mol. The van der Waals surface area contributed by atoms with Gasteiger partial charge in [-0.2, -0.15) is 0 Å². The minimum absolute atomic E-state index is 0.0655. The summed E-state index contributed by atoms with van der Waals surface area (Å²) in [5.41, 5.74) is 0.840. The Hall–Kier alpha value is -1.90. The molecule has 0 aliphatic heterocycles. The van der Waals surface area contributed by atoms with Crippen LogP contribution in [0, 0.1) is 6.92 Å². The van der Waals surface area contributed by atoms with E-state index in [0.717, 1.165) is 11.5 Å². The average Bonchev–Trinajstić information content (AvgIpc) is 2.96. The van der Waals surface area contributed by atoms with Crippen LogP contribution >= 0.6 is 11.8 Å². The first-order chi connectivity index (χ1) is 9.15. The number of carbonyl (C=O) groups excluding carboxylic acids is 1. The molecule has 2 aromatic rings. The molecule has 102 valence electrons. The maximum absolute atomic E-state index is 11.6. The average molecular weight is 282 g/mol. The Morgan fingerprint density at radius 3 is 3.05 bits per heavy atom. The van der Waals surface area contributed by atoms with E-state index in [2.05, 4.69) is 26.0 Å². The van der Waals surface area contributed by atoms with Crippen molar-refractivity contribution in [1.82, 2.24) is 30.7 Å². The van der Waals surface area contributed by atoms with Gasteiger partial charge in [0, 0.05) is 26.1 Å². The molecule has 1 amide bonds. The SMILES string of the molecule is Cc1cc(CCNC(=O)CSc2nnnn2C)on1. The van der Waals surface area contributed by atoms with Crippen molar-refractivity contribution in [1.29, 1.82) is 0 Å². The highest BCUT2D eigenvalue weighted by molar-refractivity contribution is 7.99. The van der Waals surface area contributed by atoms with Crippen molar-refractivity contribution in [2.45, 2.75) is 18.5 Å². The molecule has 1 N–H and O–H groups in total. The Kier molecular flexibility index (Phi) is 4.50. The third-order valence-electron chi connectivity index (χ3n) is 2.28. The van der Waals surface area contributed by atoms with Crippen molar-refractivity contribution in [3.63, 3.8) is 0 Å². The minimum Gasteiger partial charge on any atom is -0.361 e. The second-order valence-electron chi connectivity index (χ2n) is 3.91. The molecule has 0 saturated heterocycles. The summed E-state index contributed by atoms with van der Waals surface area (Å²) in [5.74, 6) is 0.982. The second kappa shape index (κ2) is 6.32. The van der Waals surface area contributed by atoms with Crippen molar-refractivity contribution < 1.29 is 9.32 Å². The molecule has 9 heteroatoms. The molecule has 0 saturated carbocycles. The quantitative estimate of drug-likeness (QED) is 0.742. The minimum atomic E-state index is -0.0655. The molecule has 0 radical (unpaired) electrons. The zero-order chi connectivity index (χ0) is 13.7. The van der Waals surface area contributed by atoms with E-state index < -0.39 is 0 Å². The van der Waals surface area contributed by atoms with Crippen LogP contribution in [0.1, 0.15) is 11.5 Å². The van der Waals surface area contributed by atoms with Crippen LogP contribution in [0.3, 0.4) is 0 Å². The molecular formula is C10H14N6O2S. The van der Waals surface area contributed by atoms with Crippen LogP contribution in [0.5, 0.6) is 0 Å². The number of hydrogen-bond donors (Lipinski definition) is 1. The van der Waals surface area contributed by atoms with E-state index in [1.807, 2.05) is 13.0 Å². The molecule has 2 rings (SSSR count). The molecule has 0 fully saturated rings. The Morgan fingerprint density at radius 1 is 1.58 bits per heavy atom. The zero-order valence-corrected chi connectivity index (χ0v) is 11.5. The van der Waals surface area contributed by atoms with E-state index in [9.17, 15) is 4.79 Å². The van der Waals surface area contributed by atoms with Crippen LogP contribution in [0.4, 0.5) is 0 Å². The van der Waals surface area contributed by atoms with Crippen LogP contribution in [-0.2, 0) is 18.3 Å². The highest BCUT2D eigenvalue weighted by atomic mass is 32.2. The summed E-state index contributed by atoms with van der Waals surface area (Å²) >= 11 is 1.29. The maximum atomic E-state index is 11.6. The molecule has 2 aromatic heterocycles. The lowest BCUT2D eigenvalue weighted by Gasteiger charge is -2.02. The molecule has 0 spiro atoms. The molecule has 19 heavy (non-hydrogen) atoms. The van der Waals surface area contributed by atoms with E-state index in [4.69, 9.17) is 4.52 Å². The molecule has 2 heterocycles. The van der Waals surface area contributed by atoms with E-state index in [-0.39, 0.29) is 11.7 Å². The van der Waals surface area contributed by atoms with Crippen LogP contribution in [0.2, 0.25) is 0 Å². The molecule has 0 aromatic carbocycles. The number of nitrogens with one attached hydrogen (secondary N) is 1. The lowest BCUT2D eigenvalue weighted by Crippen LogP contribution is -2.27. The summed E-state index contributed by atoms with van der Waals surface area (Å²) in [6, 6.07) is 1.85. The van der Waals surface area contributed by atoms with Crippen molar-refractivity contribution in [2.75, 3.05) is 12.3 Å². The molecule has 0 aliphatic carbocycles. The fourth-order valence-electron chi connectivity index (χ4n) is 1.38. The smallest absolute Gasteiger partial charge is 0.230 e. The van der Waals surface area contributed by atoms with Crippen LogP contribution < -0.4 is 5.32 Å². The summed E-state index contributed by atoms with van der Waals surface area (Å²) in [6.45, 7) is 2.38. The van der Waals surface area contributed by atoms with E-state index in [0.29, 0.717) is 18.1 Å². The van der Waals surface area contributed by atoms with Gasteiger partial charge < -0.3 is 9.84 Å². The number of rotatable bonds is 6. The largest absolute Gasteiger partial charge is 0.361 e. The van der Waals surface area contributed by atoms with Gasteiger partial charge in [-0.1, -0.05) is 16.9 Å². The highest BCUT2D eigenvalue weighted by Gasteiger charge is 2.08. The summed E-state index contributed by atoms with van der Waals surface area (Å²) in [5, 5.41) is 18.1. The predicted molar refractivity (Wildman–Crippen MR) is 67.5 cm³/mol. The molecule has 8 nitrogen and oxygen atoms in total. The normalized spacial score (nSPS) is 10.6. The van der Waals surface area contributed by atoms with Crippen molar-refractivity contribution in [3.05, 3.63) is 17.5 Å². The predicted octanol–water partition coefficient (Wildman–Crippen LogP) is -0.0425. The van der Waals surface area contributed by atoms with Crippen molar-refractivity contribution >= 4 is 17.7 Å². The van der Waals surface area contributed by atoms with Crippen molar-refractivity contribution in [3.8, 4) is 0 Å². The Bertz CT molecular complexity index is 552. The van der Waals surface area contributed by atoms with Gasteiger partial charge in [0.25, 0.3) is 0 Å². The van der Waals surface area contributed by atoms with E-state index in [1.165, 1.54) is 16.4 Å². The number of nitrogens with zero attached hydrogens (tertiary/aromatic N) is 5. The Balaban J connectivity index is 1.66. The fraction of sp³-hybridized carbons (Fsp3) is 0.500. The number of hydrogen-bond acceptors (Lipinski definition) is 7. The summed E-state index contributed by atoms with van der Waals surface area (Å²) in [6.07, 6.45) is 0.628. The molecule has 0 aliphatic rings. The summed E-state index contributed by atoms with van der Waals surface area (Å²) in [7, 11) is 1.73. The lowest BCUT2D eigenvalue weighted by atomic mass is 10.3. The monoisotopic (exact) mass is 282 g/mol. The second-order valence-corrected chi connectivity index (χ2v) is 4.85. The van der Waals surface area contributed by atoms with Gasteiger partial charge in [0.1, 0.15) is 5.76 Å². The summed E-state index contributed by atoms with van der Waals surface area (Å²) < 4.78 is 6.57. The molecule has 0 bridgehead atoms. The van der Waals surface area contributed by atoms with Gasteiger partial charge in [0.05, 0.1) is 11.4 Å². The van der Waals surface area contributed by atoms with Gasteiger partial charge in [0.15, 0.2) is 0 Å². The van der Waals surface area contributed by atoms with Crippen LogP contribution in [0.25, 0.3) is 0 Å². The third kappa shape index (κ3) is 4.05. The van der Waals surface area contributed by atoms with Gasteiger partial charge in [-0.05, 0) is 17.4 Å². The van der Waals surface area contributed by atoms with E-state index in [1.54, 1.807) is 7.05 Å². The number of thioether (sulfide) groups is 1. The number of amides is 1. The lowest BCUT2D eigenvalue weighted by molar-refractivity contribution is -0.118. The van der Waals surface area contributed by atoms with Crippen LogP contribution in [0.15, 0.2) is 15.7 Å². The Morgan fingerprint density at radius 2 is 2.42 bits per heavy atom. The third-order valence-corrected chi connectivity index (χ3v) is 3.29. The maximum Gasteiger partial charge on any atom is 0.230 e. The van der Waals surface area contributed by atoms with Gasteiger partial charge >= 0.3 is 0 Å². The molecule has 0 atom stereocenters. The van der Waals surface area contributed by atoms with Gasteiger partial charge in [-0.3, -0.25) is 4.79 Å². The van der Waals surface area contributed by atoms with Gasteiger partial charge in [-0.25, -0.2) is 4.68 Å². The fourth-order valence-corrected chi connectivity index (χ4v) is 2.06. The highest BCUT2D eigenvalue weighted by Crippen LogP contribution is 2.11. The number of aryl methyl sites for hydroxylation is 2. The standard InChI is InChI=1S/C10H14N6O2S/c1-7-5-8(18-13-7)3-4-11-9(17)6-19-10-12-14-15-16(10)2/h5H,3-4,6H2,1-2H3,(H,11,17). The molecule has 0 unspecified atom stereocenters. The van der Waals surface area contributed by atoms with Crippen molar-refractivity contribution in [2.24, 2.45) is 7.05 Å². The van der Waals surface area contributed by atoms with Gasteiger partial charge in [0.2, 0.25) is 11.1 Å². The van der Waals surface area contributed by atoms with Crippen LogP contribution in [-0.4, -0.2) is 43.6 Å². The van der Waals surface area contributed by atoms with E-state index >= 15 is 0 Å². The number of tetrazole rings is 1. The topological polar surface area (TPSA) is 98.7 Å². The summed E-state index contributed by atoms with van der Waals surface area (Å²) in [4.78, 5) is 11.6. The van der Waals surface area contributed by atoms with Gasteiger partial charge in [-0.15, -0.1) is 5.10 Å².